The highest BCUT2D eigenvalue weighted by Crippen LogP contribution is 2.46. The number of thiophene rings is 1. The Morgan fingerprint density at radius 3 is 3.10 bits per heavy atom. The van der Waals surface area contributed by atoms with Crippen LogP contribution in [0.4, 0.5) is 0 Å². The van der Waals surface area contributed by atoms with E-state index in [-0.39, 0.29) is 0 Å². The van der Waals surface area contributed by atoms with Gasteiger partial charge in [-0.3, -0.25) is 4.99 Å². The number of hydrogen-bond acceptors (Lipinski definition) is 5. The van der Waals surface area contributed by atoms with Crippen molar-refractivity contribution in [2.75, 3.05) is 19.3 Å². The van der Waals surface area contributed by atoms with Gasteiger partial charge in [-0.05, 0) is 53.4 Å². The summed E-state index contributed by atoms with van der Waals surface area (Å²) in [5.41, 5.74) is 4.05. The minimum absolute atomic E-state index is 0.924. The van der Waals surface area contributed by atoms with Gasteiger partial charge >= 0.3 is 0 Å². The molecule has 2 aromatic rings. The molecule has 2 aliphatic rings. The first kappa shape index (κ1) is 12.8. The molecule has 0 saturated carbocycles. The molecule has 1 aromatic heterocycles. The normalized spacial score (nSPS) is 18.1. The minimum Gasteiger partial charge on any atom is -0.317 e. The maximum absolute atomic E-state index is 4.59. The van der Waals surface area contributed by atoms with Gasteiger partial charge in [0.1, 0.15) is 0 Å². The standard InChI is InChI=1S/C15H14N2S3/c1-9-8-19-12-4-3-10(7-11(9)12)13-14(18-2)20-15-16-5-6-17(13)15/h3-4,7-8H,5-6H2,1-2H3. The molecule has 0 atom stereocenters. The van der Waals surface area contributed by atoms with Crippen LogP contribution in [0.2, 0.25) is 0 Å². The Bertz CT molecular complexity index is 758. The number of aliphatic imine (C=N–C) groups is 1. The van der Waals surface area contributed by atoms with Gasteiger partial charge in [0.2, 0.25) is 0 Å². The Hall–Kier alpha value is -0.910. The Morgan fingerprint density at radius 2 is 2.25 bits per heavy atom. The lowest BCUT2D eigenvalue weighted by atomic mass is 10.1. The topological polar surface area (TPSA) is 15.6 Å². The SMILES string of the molecule is CSC1=C(c2ccc3scc(C)c3c2)N2CCN=C2S1. The summed E-state index contributed by atoms with van der Waals surface area (Å²) in [6.45, 7) is 4.13. The van der Waals surface area contributed by atoms with Gasteiger partial charge in [0, 0.05) is 16.8 Å². The van der Waals surface area contributed by atoms with Crippen LogP contribution in [0.5, 0.6) is 0 Å². The summed E-state index contributed by atoms with van der Waals surface area (Å²) in [6.07, 6.45) is 2.15. The summed E-state index contributed by atoms with van der Waals surface area (Å²) in [4.78, 5) is 6.97. The molecule has 2 nitrogen and oxygen atoms in total. The van der Waals surface area contributed by atoms with Crippen molar-refractivity contribution in [1.29, 1.82) is 0 Å². The zero-order valence-electron chi connectivity index (χ0n) is 11.3. The molecule has 0 N–H and O–H groups in total. The van der Waals surface area contributed by atoms with Crippen LogP contribution in [0, 0.1) is 6.92 Å². The lowest BCUT2D eigenvalue weighted by molar-refractivity contribution is 0.649. The number of fused-ring (bicyclic) bond motifs is 2. The molecular formula is C15H14N2S3. The van der Waals surface area contributed by atoms with E-state index in [4.69, 9.17) is 0 Å². The largest absolute Gasteiger partial charge is 0.317 e. The molecule has 0 fully saturated rings. The second-order valence-electron chi connectivity index (χ2n) is 4.89. The van der Waals surface area contributed by atoms with Crippen LogP contribution in [0.3, 0.4) is 0 Å². The van der Waals surface area contributed by atoms with Gasteiger partial charge in [-0.1, -0.05) is 6.07 Å². The van der Waals surface area contributed by atoms with Crippen molar-refractivity contribution in [1.82, 2.24) is 4.90 Å². The monoisotopic (exact) mass is 318 g/mol. The smallest absolute Gasteiger partial charge is 0.169 e. The number of benzene rings is 1. The zero-order chi connectivity index (χ0) is 13.7. The lowest BCUT2D eigenvalue weighted by Crippen LogP contribution is -2.19. The quantitative estimate of drug-likeness (QED) is 0.803. The third kappa shape index (κ3) is 1.84. The molecule has 5 heteroatoms. The van der Waals surface area contributed by atoms with Crippen molar-refractivity contribution in [2.24, 2.45) is 4.99 Å². The van der Waals surface area contributed by atoms with Crippen LogP contribution in [-0.2, 0) is 0 Å². The molecule has 0 radical (unpaired) electrons. The number of thioether (sulfide) groups is 2. The van der Waals surface area contributed by atoms with Gasteiger partial charge in [0.05, 0.1) is 16.5 Å². The first-order valence-corrected chi connectivity index (χ1v) is 9.46. The van der Waals surface area contributed by atoms with Crippen LogP contribution in [-0.4, -0.2) is 29.4 Å². The van der Waals surface area contributed by atoms with Gasteiger partial charge in [-0.15, -0.1) is 23.1 Å². The van der Waals surface area contributed by atoms with Crippen LogP contribution in [0.15, 0.2) is 32.8 Å². The summed E-state index contributed by atoms with van der Waals surface area (Å²) in [5.74, 6) is 0. The first-order chi connectivity index (χ1) is 9.78. The van der Waals surface area contributed by atoms with E-state index < -0.39 is 0 Å². The van der Waals surface area contributed by atoms with Crippen molar-refractivity contribution in [2.45, 2.75) is 6.92 Å². The van der Waals surface area contributed by atoms with E-state index in [9.17, 15) is 0 Å². The van der Waals surface area contributed by atoms with Crippen LogP contribution in [0.1, 0.15) is 11.1 Å². The molecule has 0 unspecified atom stereocenters. The van der Waals surface area contributed by atoms with Gasteiger partial charge in [0.25, 0.3) is 0 Å². The van der Waals surface area contributed by atoms with Gasteiger partial charge in [0.15, 0.2) is 5.17 Å². The molecule has 3 heterocycles. The molecule has 4 rings (SSSR count). The van der Waals surface area contributed by atoms with Crippen molar-refractivity contribution in [3.05, 3.63) is 38.9 Å². The number of amidine groups is 1. The molecule has 0 amide bonds. The molecule has 0 bridgehead atoms. The predicted molar refractivity (Wildman–Crippen MR) is 93.6 cm³/mol. The maximum Gasteiger partial charge on any atom is 0.169 e. The maximum atomic E-state index is 4.59. The molecule has 0 aliphatic carbocycles. The van der Waals surface area contributed by atoms with E-state index >= 15 is 0 Å². The Labute approximate surface area is 131 Å². The summed E-state index contributed by atoms with van der Waals surface area (Å²) in [7, 11) is 0. The fraction of sp³-hybridized carbons (Fsp3) is 0.267. The second-order valence-corrected chi connectivity index (χ2v) is 7.85. The van der Waals surface area contributed by atoms with Gasteiger partial charge in [-0.25, -0.2) is 0 Å². The first-order valence-electron chi connectivity index (χ1n) is 6.54. The molecular weight excluding hydrogens is 304 g/mol. The Balaban J connectivity index is 1.88. The third-order valence-electron chi connectivity index (χ3n) is 3.67. The summed E-state index contributed by atoms with van der Waals surface area (Å²) < 4.78 is 2.74. The van der Waals surface area contributed by atoms with E-state index in [0.717, 1.165) is 13.1 Å². The molecule has 1 aromatic carbocycles. The minimum atomic E-state index is 0.924. The van der Waals surface area contributed by atoms with Crippen LogP contribution >= 0.6 is 34.9 Å². The summed E-state index contributed by atoms with van der Waals surface area (Å²) in [5, 5.41) is 4.80. The Morgan fingerprint density at radius 1 is 1.35 bits per heavy atom. The molecule has 20 heavy (non-hydrogen) atoms. The summed E-state index contributed by atoms with van der Waals surface area (Å²) >= 11 is 5.47. The molecule has 102 valence electrons. The van der Waals surface area contributed by atoms with E-state index in [1.165, 1.54) is 36.3 Å². The average Bonchev–Trinajstić information content (AvgIpc) is 3.12. The van der Waals surface area contributed by atoms with E-state index in [2.05, 4.69) is 46.7 Å². The number of hydrogen-bond donors (Lipinski definition) is 0. The van der Waals surface area contributed by atoms with Crippen molar-refractivity contribution >= 4 is 55.8 Å². The van der Waals surface area contributed by atoms with Gasteiger partial charge in [-0.2, -0.15) is 0 Å². The summed E-state index contributed by atoms with van der Waals surface area (Å²) in [6, 6.07) is 6.85. The third-order valence-corrected chi connectivity index (χ3v) is 6.98. The second kappa shape index (κ2) is 4.83. The van der Waals surface area contributed by atoms with E-state index in [1.54, 1.807) is 0 Å². The van der Waals surface area contributed by atoms with Crippen molar-refractivity contribution in [3.8, 4) is 0 Å². The molecule has 0 spiro atoms. The zero-order valence-corrected chi connectivity index (χ0v) is 13.8. The van der Waals surface area contributed by atoms with E-state index in [0.29, 0.717) is 0 Å². The van der Waals surface area contributed by atoms with Crippen LogP contribution in [0.25, 0.3) is 15.8 Å². The predicted octanol–water partition coefficient (Wildman–Crippen LogP) is 4.62. The lowest BCUT2D eigenvalue weighted by Gasteiger charge is -2.17. The highest BCUT2D eigenvalue weighted by Gasteiger charge is 2.32. The highest BCUT2D eigenvalue weighted by molar-refractivity contribution is 8.30. The van der Waals surface area contributed by atoms with E-state index in [1.807, 2.05) is 34.9 Å². The molecule has 0 saturated heterocycles. The fourth-order valence-electron chi connectivity index (χ4n) is 2.68. The number of aryl methyl sites for hydroxylation is 1. The van der Waals surface area contributed by atoms with Gasteiger partial charge < -0.3 is 4.90 Å². The van der Waals surface area contributed by atoms with Crippen molar-refractivity contribution < 1.29 is 0 Å². The highest BCUT2D eigenvalue weighted by atomic mass is 32.2. The number of rotatable bonds is 2. The van der Waals surface area contributed by atoms with Crippen LogP contribution < -0.4 is 0 Å². The number of nitrogens with zero attached hydrogens (tertiary/aromatic N) is 2. The fourth-order valence-corrected chi connectivity index (χ4v) is 5.52. The van der Waals surface area contributed by atoms with Crippen molar-refractivity contribution in [3.63, 3.8) is 0 Å². The Kier molecular flexibility index (Phi) is 3.09. The molecule has 2 aliphatic heterocycles. The average molecular weight is 318 g/mol.